The largest absolute Gasteiger partial charge is 0.573 e. The van der Waals surface area contributed by atoms with E-state index in [4.69, 9.17) is 0 Å². The molecule has 4 heterocycles. The first-order valence-electron chi connectivity index (χ1n) is 10.6. The third-order valence-electron chi connectivity index (χ3n) is 5.45. The number of benzene rings is 1. The molecule has 0 amide bonds. The van der Waals surface area contributed by atoms with Crippen LogP contribution in [0.3, 0.4) is 0 Å². The summed E-state index contributed by atoms with van der Waals surface area (Å²) in [4.78, 5) is 23.8. The second-order valence-electron chi connectivity index (χ2n) is 7.85. The average Bonchev–Trinajstić information content (AvgIpc) is 2.84. The molecule has 172 valence electrons. The summed E-state index contributed by atoms with van der Waals surface area (Å²) in [6, 6.07) is 9.56. The van der Waals surface area contributed by atoms with E-state index in [9.17, 15) is 13.2 Å². The van der Waals surface area contributed by atoms with Gasteiger partial charge in [-0.05, 0) is 23.8 Å². The Hall–Kier alpha value is -3.92. The predicted molar refractivity (Wildman–Crippen MR) is 117 cm³/mol. The molecule has 1 aromatic carbocycles. The maximum atomic E-state index is 12.7. The van der Waals surface area contributed by atoms with Gasteiger partial charge in [0.25, 0.3) is 0 Å². The Kier molecular flexibility index (Phi) is 5.89. The van der Waals surface area contributed by atoms with Gasteiger partial charge in [-0.2, -0.15) is 0 Å². The van der Waals surface area contributed by atoms with Gasteiger partial charge in [-0.1, -0.05) is 18.2 Å². The first kappa shape index (κ1) is 21.9. The summed E-state index contributed by atoms with van der Waals surface area (Å²) in [5.74, 6) is 0.340. The van der Waals surface area contributed by atoms with Gasteiger partial charge >= 0.3 is 6.36 Å². The minimum atomic E-state index is -4.76. The Labute approximate surface area is 193 Å². The van der Waals surface area contributed by atoms with E-state index in [1.54, 1.807) is 36.8 Å². The van der Waals surface area contributed by atoms with Gasteiger partial charge in [-0.25, -0.2) is 19.9 Å². The lowest BCUT2D eigenvalue weighted by Crippen LogP contribution is -2.31. The zero-order valence-electron chi connectivity index (χ0n) is 17.9. The lowest BCUT2D eigenvalue weighted by Gasteiger charge is -2.28. The lowest BCUT2D eigenvalue weighted by molar-refractivity contribution is -0.274. The smallest absolute Gasteiger partial charge is 0.405 e. The summed E-state index contributed by atoms with van der Waals surface area (Å²) < 4.78 is 42.3. The molecule has 7 nitrogen and oxygen atoms in total. The third kappa shape index (κ3) is 5.01. The van der Waals surface area contributed by atoms with Crippen LogP contribution in [0.1, 0.15) is 16.8 Å². The van der Waals surface area contributed by atoms with E-state index in [2.05, 4.69) is 34.6 Å². The second kappa shape index (κ2) is 9.14. The molecule has 0 atom stereocenters. The number of hydrogen-bond acceptors (Lipinski definition) is 7. The van der Waals surface area contributed by atoms with Crippen LogP contribution in [-0.4, -0.2) is 42.7 Å². The molecule has 0 saturated heterocycles. The molecule has 5 rings (SSSR count). The number of nitrogens with zero attached hydrogens (tertiary/aromatic N) is 6. The van der Waals surface area contributed by atoms with Crippen LogP contribution in [0.5, 0.6) is 5.75 Å². The van der Waals surface area contributed by atoms with Gasteiger partial charge in [-0.3, -0.25) is 9.88 Å². The van der Waals surface area contributed by atoms with Crippen LogP contribution in [0.4, 0.5) is 13.2 Å². The molecule has 3 aromatic heterocycles. The van der Waals surface area contributed by atoms with Gasteiger partial charge < -0.3 is 4.74 Å². The van der Waals surface area contributed by atoms with Crippen molar-refractivity contribution in [3.05, 3.63) is 84.3 Å². The molecular formula is C24H19F3N6O. The monoisotopic (exact) mass is 464 g/mol. The van der Waals surface area contributed by atoms with Gasteiger partial charge in [0.15, 0.2) is 5.82 Å². The molecule has 1 aliphatic heterocycles. The second-order valence-corrected chi connectivity index (χ2v) is 7.85. The van der Waals surface area contributed by atoms with Crippen LogP contribution in [0.2, 0.25) is 0 Å². The number of para-hydroxylation sites is 1. The fourth-order valence-electron chi connectivity index (χ4n) is 3.89. The van der Waals surface area contributed by atoms with Gasteiger partial charge in [0.2, 0.25) is 0 Å². The molecule has 0 N–H and O–H groups in total. The highest BCUT2D eigenvalue weighted by atomic mass is 19.4. The van der Waals surface area contributed by atoms with Crippen LogP contribution < -0.4 is 4.74 Å². The minimum absolute atomic E-state index is 0.274. The standard InChI is InChI=1S/C24H19F3N6O/c25-24(26,27)34-22-4-2-1-3-19(22)21-6-5-16(9-30-21)13-33-8-7-20-18(14-33)12-31-23(32-20)17-10-28-15-29-11-17/h1-6,9-12,15H,7-8,13-14H2. The molecule has 0 unspecified atom stereocenters. The van der Waals surface area contributed by atoms with E-state index in [1.807, 2.05) is 12.3 Å². The van der Waals surface area contributed by atoms with E-state index in [-0.39, 0.29) is 11.3 Å². The quantitative estimate of drug-likeness (QED) is 0.432. The van der Waals surface area contributed by atoms with Gasteiger partial charge in [-0.15, -0.1) is 13.2 Å². The van der Waals surface area contributed by atoms with Crippen molar-refractivity contribution in [3.8, 4) is 28.4 Å². The number of hydrogen-bond donors (Lipinski definition) is 0. The summed E-state index contributed by atoms with van der Waals surface area (Å²) in [5, 5.41) is 0. The SMILES string of the molecule is FC(F)(F)Oc1ccccc1-c1ccc(CN2CCc3nc(-c4cncnc4)ncc3C2)cn1. The molecule has 0 radical (unpaired) electrons. The fraction of sp³-hybridized carbons (Fsp3) is 0.208. The highest BCUT2D eigenvalue weighted by Gasteiger charge is 2.32. The molecule has 0 spiro atoms. The molecule has 0 aliphatic carbocycles. The van der Waals surface area contributed by atoms with Crippen molar-refractivity contribution in [1.82, 2.24) is 29.8 Å². The number of fused-ring (bicyclic) bond motifs is 1. The maximum absolute atomic E-state index is 12.7. The Bertz CT molecular complexity index is 1280. The first-order chi connectivity index (χ1) is 16.4. The van der Waals surface area contributed by atoms with Crippen molar-refractivity contribution in [1.29, 1.82) is 0 Å². The summed E-state index contributed by atoms with van der Waals surface area (Å²) in [5.41, 5.74) is 4.52. The van der Waals surface area contributed by atoms with E-state index in [1.165, 1.54) is 18.5 Å². The van der Waals surface area contributed by atoms with Crippen molar-refractivity contribution in [2.45, 2.75) is 25.9 Å². The highest BCUT2D eigenvalue weighted by molar-refractivity contribution is 5.67. The minimum Gasteiger partial charge on any atom is -0.405 e. The zero-order valence-corrected chi connectivity index (χ0v) is 17.9. The van der Waals surface area contributed by atoms with Gasteiger partial charge in [0.05, 0.1) is 17.0 Å². The zero-order chi connectivity index (χ0) is 23.5. The van der Waals surface area contributed by atoms with E-state index in [0.29, 0.717) is 24.6 Å². The van der Waals surface area contributed by atoms with Crippen LogP contribution in [0, 0.1) is 0 Å². The molecule has 4 aromatic rings. The Balaban J connectivity index is 1.27. The first-order valence-corrected chi connectivity index (χ1v) is 10.6. The van der Waals surface area contributed by atoms with E-state index in [0.717, 1.165) is 35.3 Å². The third-order valence-corrected chi connectivity index (χ3v) is 5.45. The van der Waals surface area contributed by atoms with Crippen LogP contribution in [-0.2, 0) is 19.5 Å². The average molecular weight is 464 g/mol. The molecular weight excluding hydrogens is 445 g/mol. The normalized spacial score (nSPS) is 14.0. The van der Waals surface area contributed by atoms with E-state index < -0.39 is 6.36 Å². The topological polar surface area (TPSA) is 76.9 Å². The van der Waals surface area contributed by atoms with Crippen molar-refractivity contribution >= 4 is 0 Å². The lowest BCUT2D eigenvalue weighted by atomic mass is 10.1. The van der Waals surface area contributed by atoms with E-state index >= 15 is 0 Å². The Morgan fingerprint density at radius 3 is 2.53 bits per heavy atom. The Morgan fingerprint density at radius 1 is 0.941 bits per heavy atom. The number of aromatic nitrogens is 5. The van der Waals surface area contributed by atoms with Crippen molar-refractivity contribution in [2.24, 2.45) is 0 Å². The number of halogens is 3. The summed E-state index contributed by atoms with van der Waals surface area (Å²) >= 11 is 0. The van der Waals surface area contributed by atoms with Crippen LogP contribution >= 0.6 is 0 Å². The summed E-state index contributed by atoms with van der Waals surface area (Å²) in [7, 11) is 0. The van der Waals surface area contributed by atoms with Crippen LogP contribution in [0.25, 0.3) is 22.6 Å². The molecule has 0 fully saturated rings. The fourth-order valence-corrected chi connectivity index (χ4v) is 3.89. The van der Waals surface area contributed by atoms with Crippen molar-refractivity contribution < 1.29 is 17.9 Å². The number of alkyl halides is 3. The molecule has 1 aliphatic rings. The van der Waals surface area contributed by atoms with Gasteiger partial charge in [0.1, 0.15) is 12.1 Å². The molecule has 0 saturated carbocycles. The molecule has 0 bridgehead atoms. The van der Waals surface area contributed by atoms with Crippen molar-refractivity contribution in [3.63, 3.8) is 0 Å². The number of ether oxygens (including phenoxy) is 1. The summed E-state index contributed by atoms with van der Waals surface area (Å²) in [6.45, 7) is 2.17. The summed E-state index contributed by atoms with van der Waals surface area (Å²) in [6.07, 6.45) is 4.39. The highest BCUT2D eigenvalue weighted by Crippen LogP contribution is 2.32. The Morgan fingerprint density at radius 2 is 1.76 bits per heavy atom. The van der Waals surface area contributed by atoms with Gasteiger partial charge in [0, 0.05) is 62.0 Å². The number of rotatable bonds is 5. The molecule has 34 heavy (non-hydrogen) atoms. The maximum Gasteiger partial charge on any atom is 0.573 e. The molecule has 10 heteroatoms. The van der Waals surface area contributed by atoms with Crippen molar-refractivity contribution in [2.75, 3.05) is 6.54 Å². The predicted octanol–water partition coefficient (Wildman–Crippen LogP) is 4.45. The van der Waals surface area contributed by atoms with Crippen LogP contribution in [0.15, 0.2) is 67.5 Å². The number of pyridine rings is 1.